The minimum atomic E-state index is -4.36. The first-order valence-electron chi connectivity index (χ1n) is 9.70. The average Bonchev–Trinajstić information content (AvgIpc) is 2.74. The number of likely N-dealkylation sites (tertiary alicyclic amines) is 1. The molecule has 0 aromatic heterocycles. The van der Waals surface area contributed by atoms with E-state index in [0.717, 1.165) is 5.69 Å². The smallest absolute Gasteiger partial charge is 0.367 e. The molecule has 2 aromatic carbocycles. The van der Waals surface area contributed by atoms with E-state index in [-0.39, 0.29) is 24.3 Å². The Balaban J connectivity index is 1.47. The summed E-state index contributed by atoms with van der Waals surface area (Å²) in [6.07, 6.45) is -3.21. The average molecular weight is 420 g/mol. The molecule has 1 fully saturated rings. The van der Waals surface area contributed by atoms with Gasteiger partial charge >= 0.3 is 6.18 Å². The van der Waals surface area contributed by atoms with Gasteiger partial charge in [0.1, 0.15) is 6.61 Å². The molecule has 0 unspecified atom stereocenters. The fourth-order valence-electron chi connectivity index (χ4n) is 3.32. The summed E-state index contributed by atoms with van der Waals surface area (Å²) in [6.45, 7) is -0.527. The summed E-state index contributed by atoms with van der Waals surface area (Å²) >= 11 is 0. The number of hydrogen-bond donors (Lipinski definition) is 1. The van der Waals surface area contributed by atoms with E-state index in [2.05, 4.69) is 10.1 Å². The van der Waals surface area contributed by atoms with E-state index in [4.69, 9.17) is 0 Å². The molecule has 1 aliphatic heterocycles. The van der Waals surface area contributed by atoms with Crippen molar-refractivity contribution in [1.29, 1.82) is 0 Å². The van der Waals surface area contributed by atoms with Gasteiger partial charge in [0, 0.05) is 30.3 Å². The van der Waals surface area contributed by atoms with Gasteiger partial charge in [-0.05, 0) is 42.7 Å². The summed E-state index contributed by atoms with van der Waals surface area (Å²) < 4.78 is 41.0. The zero-order valence-electron chi connectivity index (χ0n) is 16.3. The minimum Gasteiger partial charge on any atom is -0.367 e. The summed E-state index contributed by atoms with van der Waals surface area (Å²) in [5.74, 6) is -0.349. The van der Waals surface area contributed by atoms with Crippen LogP contribution in [0.2, 0.25) is 0 Å². The maximum absolute atomic E-state index is 12.7. The van der Waals surface area contributed by atoms with Crippen LogP contribution in [-0.2, 0) is 16.1 Å². The van der Waals surface area contributed by atoms with Crippen LogP contribution < -0.4 is 5.32 Å². The lowest BCUT2D eigenvalue weighted by Crippen LogP contribution is -2.41. The highest BCUT2D eigenvalue weighted by Crippen LogP contribution is 2.21. The molecule has 1 N–H and O–H groups in total. The van der Waals surface area contributed by atoms with Gasteiger partial charge in [0.2, 0.25) is 5.91 Å². The third-order valence-corrected chi connectivity index (χ3v) is 4.93. The standard InChI is InChI=1S/C22H23F3N2O3/c23-22(24,25)15-30-14-16-6-8-18(9-7-16)21(29)27-12-10-17(11-13-27)20(28)26-19-4-2-1-3-5-19/h1-9,17H,10-15H2,(H,26,28). The summed E-state index contributed by atoms with van der Waals surface area (Å²) in [5, 5.41) is 2.89. The molecule has 0 atom stereocenters. The number of benzene rings is 2. The Morgan fingerprint density at radius 3 is 2.23 bits per heavy atom. The van der Waals surface area contributed by atoms with Crippen molar-refractivity contribution < 1.29 is 27.5 Å². The van der Waals surface area contributed by atoms with Gasteiger partial charge in [0.25, 0.3) is 5.91 Å². The molecule has 0 spiro atoms. The second-order valence-corrected chi connectivity index (χ2v) is 7.23. The fraction of sp³-hybridized carbons (Fsp3) is 0.364. The highest BCUT2D eigenvalue weighted by Gasteiger charge is 2.28. The molecule has 1 heterocycles. The molecular weight excluding hydrogens is 397 g/mol. The van der Waals surface area contributed by atoms with E-state index >= 15 is 0 Å². The number of piperidine rings is 1. The molecule has 30 heavy (non-hydrogen) atoms. The lowest BCUT2D eigenvalue weighted by atomic mass is 9.95. The first kappa shape index (κ1) is 21.8. The van der Waals surface area contributed by atoms with E-state index in [9.17, 15) is 22.8 Å². The highest BCUT2D eigenvalue weighted by atomic mass is 19.4. The van der Waals surface area contributed by atoms with E-state index in [1.165, 1.54) is 0 Å². The lowest BCUT2D eigenvalue weighted by Gasteiger charge is -2.31. The molecule has 8 heteroatoms. The van der Waals surface area contributed by atoms with Crippen molar-refractivity contribution >= 4 is 17.5 Å². The lowest BCUT2D eigenvalue weighted by molar-refractivity contribution is -0.176. The second kappa shape index (κ2) is 9.75. The Labute approximate surface area is 172 Å². The molecule has 0 aliphatic carbocycles. The van der Waals surface area contributed by atoms with E-state index < -0.39 is 12.8 Å². The zero-order chi connectivity index (χ0) is 21.6. The van der Waals surface area contributed by atoms with Gasteiger partial charge in [-0.3, -0.25) is 9.59 Å². The van der Waals surface area contributed by atoms with Crippen LogP contribution in [0.15, 0.2) is 54.6 Å². The molecule has 5 nitrogen and oxygen atoms in total. The highest BCUT2D eigenvalue weighted by molar-refractivity contribution is 5.95. The number of halogens is 3. The Morgan fingerprint density at radius 2 is 1.63 bits per heavy atom. The van der Waals surface area contributed by atoms with Gasteiger partial charge in [-0.2, -0.15) is 13.2 Å². The molecule has 2 aromatic rings. The molecule has 160 valence electrons. The quantitative estimate of drug-likeness (QED) is 0.760. The third-order valence-electron chi connectivity index (χ3n) is 4.93. The largest absolute Gasteiger partial charge is 0.411 e. The number of nitrogens with one attached hydrogen (secondary N) is 1. The van der Waals surface area contributed by atoms with Crippen LogP contribution in [-0.4, -0.2) is 42.6 Å². The van der Waals surface area contributed by atoms with E-state index in [1.807, 2.05) is 30.3 Å². The van der Waals surface area contributed by atoms with Crippen molar-refractivity contribution in [2.45, 2.75) is 25.6 Å². The van der Waals surface area contributed by atoms with Crippen molar-refractivity contribution in [1.82, 2.24) is 4.90 Å². The number of anilines is 1. The van der Waals surface area contributed by atoms with Crippen LogP contribution >= 0.6 is 0 Å². The Morgan fingerprint density at radius 1 is 1.00 bits per heavy atom. The Kier molecular flexibility index (Phi) is 7.10. The fourth-order valence-corrected chi connectivity index (χ4v) is 3.32. The van der Waals surface area contributed by atoms with Gasteiger partial charge < -0.3 is 15.0 Å². The van der Waals surface area contributed by atoms with Crippen molar-refractivity contribution in [2.24, 2.45) is 5.92 Å². The summed E-state index contributed by atoms with van der Waals surface area (Å²) in [4.78, 5) is 26.8. The predicted molar refractivity (Wildman–Crippen MR) is 106 cm³/mol. The molecule has 0 bridgehead atoms. The van der Waals surface area contributed by atoms with Gasteiger partial charge in [0.15, 0.2) is 0 Å². The Hall–Kier alpha value is -2.87. The number of alkyl halides is 3. The van der Waals surface area contributed by atoms with Crippen LogP contribution in [0.5, 0.6) is 0 Å². The Bertz CT molecular complexity index is 846. The monoisotopic (exact) mass is 420 g/mol. The number of carbonyl (C=O) groups is 2. The minimum absolute atomic E-state index is 0.0449. The van der Waals surface area contributed by atoms with Crippen LogP contribution in [0.1, 0.15) is 28.8 Å². The molecular formula is C22H23F3N2O3. The molecule has 0 radical (unpaired) electrons. The molecule has 1 aliphatic rings. The second-order valence-electron chi connectivity index (χ2n) is 7.23. The molecule has 1 saturated heterocycles. The third kappa shape index (κ3) is 6.32. The number of hydrogen-bond acceptors (Lipinski definition) is 3. The number of nitrogens with zero attached hydrogens (tertiary/aromatic N) is 1. The maximum atomic E-state index is 12.7. The predicted octanol–water partition coefficient (Wildman–Crippen LogP) is 4.26. The van der Waals surface area contributed by atoms with Crippen LogP contribution in [0.25, 0.3) is 0 Å². The van der Waals surface area contributed by atoms with Gasteiger partial charge in [-0.15, -0.1) is 0 Å². The van der Waals surface area contributed by atoms with Crippen molar-refractivity contribution in [3.63, 3.8) is 0 Å². The molecule has 3 rings (SSSR count). The SMILES string of the molecule is O=C(Nc1ccccc1)C1CCN(C(=O)c2ccc(COCC(F)(F)F)cc2)CC1. The molecule has 2 amide bonds. The topological polar surface area (TPSA) is 58.6 Å². The number of para-hydroxylation sites is 1. The van der Waals surface area contributed by atoms with Crippen molar-refractivity contribution in [3.8, 4) is 0 Å². The van der Waals surface area contributed by atoms with Gasteiger partial charge in [0.05, 0.1) is 6.61 Å². The normalized spacial score (nSPS) is 15.1. The van der Waals surface area contributed by atoms with Gasteiger partial charge in [-0.25, -0.2) is 0 Å². The van der Waals surface area contributed by atoms with Crippen LogP contribution in [0.3, 0.4) is 0 Å². The summed E-state index contributed by atoms with van der Waals surface area (Å²) in [5.41, 5.74) is 1.77. The van der Waals surface area contributed by atoms with E-state index in [1.54, 1.807) is 29.2 Å². The summed E-state index contributed by atoms with van der Waals surface area (Å²) in [7, 11) is 0. The number of carbonyl (C=O) groups excluding carboxylic acids is 2. The zero-order valence-corrected chi connectivity index (χ0v) is 16.3. The van der Waals surface area contributed by atoms with Crippen LogP contribution in [0.4, 0.5) is 18.9 Å². The van der Waals surface area contributed by atoms with Crippen molar-refractivity contribution in [2.75, 3.05) is 25.0 Å². The van der Waals surface area contributed by atoms with Gasteiger partial charge in [-0.1, -0.05) is 30.3 Å². The van der Waals surface area contributed by atoms with Crippen LogP contribution in [0, 0.1) is 5.92 Å². The maximum Gasteiger partial charge on any atom is 0.411 e. The first-order valence-corrected chi connectivity index (χ1v) is 9.70. The molecule has 0 saturated carbocycles. The van der Waals surface area contributed by atoms with Crippen molar-refractivity contribution in [3.05, 3.63) is 65.7 Å². The van der Waals surface area contributed by atoms with E-state index in [0.29, 0.717) is 37.1 Å². The summed E-state index contributed by atoms with van der Waals surface area (Å²) in [6, 6.07) is 15.6. The number of rotatable bonds is 6. The number of amides is 2. The number of ether oxygens (including phenoxy) is 1. The first-order chi connectivity index (χ1) is 14.3.